The molecule has 49 heavy (non-hydrogen) atoms. The fourth-order valence-electron chi connectivity index (χ4n) is 6.17. The van der Waals surface area contributed by atoms with Crippen molar-refractivity contribution >= 4 is 24.1 Å². The fraction of sp³-hybridized carbons (Fsp3) is 0.486. The van der Waals surface area contributed by atoms with Gasteiger partial charge in [-0.3, -0.25) is 14.4 Å². The number of amides is 2. The summed E-state index contributed by atoms with van der Waals surface area (Å²) < 4.78 is 12.1. The number of aryl methyl sites for hydroxylation is 1. The van der Waals surface area contributed by atoms with Crippen molar-refractivity contribution in [3.8, 4) is 0 Å². The third-order valence-corrected chi connectivity index (χ3v) is 9.44. The zero-order valence-electron chi connectivity index (χ0n) is 29.7. The van der Waals surface area contributed by atoms with E-state index in [1.165, 1.54) is 36.6 Å². The minimum absolute atomic E-state index is 0.0574. The number of hydrogen-bond donors (Lipinski definition) is 1. The molecule has 1 aliphatic heterocycles. The number of nitrogens with one attached hydrogen (secondary N) is 1. The Morgan fingerprint density at radius 2 is 1.55 bits per heavy atom. The molecular weight excluding hydrogens is 626 g/mol. The molecular formula is C37H47N5O7. The number of esters is 1. The molecule has 0 radical (unpaired) electrons. The van der Waals surface area contributed by atoms with Gasteiger partial charge in [-0.2, -0.15) is 14.7 Å². The highest BCUT2D eigenvalue weighted by Crippen LogP contribution is 2.51. The van der Waals surface area contributed by atoms with Crippen molar-refractivity contribution in [1.29, 1.82) is 0 Å². The monoisotopic (exact) mass is 673 g/mol. The van der Waals surface area contributed by atoms with Crippen molar-refractivity contribution in [3.05, 3.63) is 88.2 Å². The minimum atomic E-state index is -0.570. The van der Waals surface area contributed by atoms with E-state index >= 15 is 0 Å². The van der Waals surface area contributed by atoms with Gasteiger partial charge in [-0.15, -0.1) is 0 Å². The van der Waals surface area contributed by atoms with E-state index in [9.17, 15) is 14.4 Å². The van der Waals surface area contributed by atoms with Crippen LogP contribution in [-0.2, 0) is 43.2 Å². The Balaban J connectivity index is 0.000000250. The summed E-state index contributed by atoms with van der Waals surface area (Å²) in [5, 5.41) is 7.77. The van der Waals surface area contributed by atoms with Gasteiger partial charge in [0, 0.05) is 12.6 Å². The Kier molecular flexibility index (Phi) is 11.2. The molecule has 1 aromatic heterocycles. The number of ether oxygens (including phenoxy) is 2. The number of methoxy groups -OCH3 is 1. The van der Waals surface area contributed by atoms with Crippen LogP contribution >= 0.6 is 0 Å². The molecule has 0 bridgehead atoms. The van der Waals surface area contributed by atoms with Crippen LogP contribution in [0.1, 0.15) is 96.5 Å². The summed E-state index contributed by atoms with van der Waals surface area (Å²) in [4.78, 5) is 57.3. The molecule has 1 unspecified atom stereocenters. The first-order chi connectivity index (χ1) is 23.1. The van der Waals surface area contributed by atoms with E-state index in [-0.39, 0.29) is 41.2 Å². The van der Waals surface area contributed by atoms with Gasteiger partial charge < -0.3 is 19.7 Å². The number of benzene rings is 2. The second-order valence-electron chi connectivity index (χ2n) is 13.9. The first-order valence-electron chi connectivity index (χ1n) is 16.4. The van der Waals surface area contributed by atoms with Crippen LogP contribution in [0.15, 0.2) is 54.7 Å². The number of carbonyl (C=O) groups excluding carboxylic acids is 5. The van der Waals surface area contributed by atoms with E-state index in [0.29, 0.717) is 24.2 Å². The molecule has 2 heterocycles. The van der Waals surface area contributed by atoms with Crippen LogP contribution in [0.4, 0.5) is 4.79 Å². The Morgan fingerprint density at radius 1 is 0.980 bits per heavy atom. The SMILES string of the molecule is CNC1(c2ccc(C(=O)OC)cc2)CC1.Cc1ccc(C2(N(C)C(=O)c3cnn4c3CN(C(=O)OC(C)(C)C)C(C)C4)CC2)cc1.O=C=O. The first kappa shape index (κ1) is 37.0. The highest BCUT2D eigenvalue weighted by molar-refractivity contribution is 5.96. The molecule has 1 atom stereocenters. The van der Waals surface area contributed by atoms with Gasteiger partial charge in [0.2, 0.25) is 0 Å². The third-order valence-electron chi connectivity index (χ3n) is 9.44. The number of carbonyl (C=O) groups is 3. The average molecular weight is 674 g/mol. The maximum absolute atomic E-state index is 13.5. The Labute approximate surface area is 287 Å². The van der Waals surface area contributed by atoms with E-state index in [2.05, 4.69) is 46.3 Å². The van der Waals surface area contributed by atoms with Gasteiger partial charge in [-0.25, -0.2) is 9.59 Å². The molecule has 12 heteroatoms. The normalized spacial score (nSPS) is 17.8. The number of rotatable bonds is 6. The topological polar surface area (TPSA) is 140 Å². The van der Waals surface area contributed by atoms with Gasteiger partial charge in [0.05, 0.1) is 54.8 Å². The van der Waals surface area contributed by atoms with Crippen molar-refractivity contribution < 1.29 is 33.4 Å². The third kappa shape index (κ3) is 8.26. The summed E-state index contributed by atoms with van der Waals surface area (Å²) in [5.74, 6) is -0.339. The van der Waals surface area contributed by atoms with Crippen molar-refractivity contribution in [2.75, 3.05) is 21.2 Å². The number of aromatic nitrogens is 2. The molecule has 1 N–H and O–H groups in total. The Hall–Kier alpha value is -4.80. The largest absolute Gasteiger partial charge is 0.465 e. The lowest BCUT2D eigenvalue weighted by molar-refractivity contribution is -0.191. The summed E-state index contributed by atoms with van der Waals surface area (Å²) in [6, 6.07) is 16.0. The van der Waals surface area contributed by atoms with Gasteiger partial charge in [-0.05, 0) is 90.6 Å². The number of fused-ring (bicyclic) bond motifs is 1. The lowest BCUT2D eigenvalue weighted by Gasteiger charge is -2.36. The van der Waals surface area contributed by atoms with E-state index in [0.717, 1.165) is 18.5 Å². The summed E-state index contributed by atoms with van der Waals surface area (Å²) >= 11 is 0. The summed E-state index contributed by atoms with van der Waals surface area (Å²) in [6.45, 7) is 10.4. The maximum atomic E-state index is 13.5. The zero-order valence-corrected chi connectivity index (χ0v) is 29.7. The van der Waals surface area contributed by atoms with Crippen LogP contribution in [0.25, 0.3) is 0 Å². The highest BCUT2D eigenvalue weighted by Gasteiger charge is 2.50. The van der Waals surface area contributed by atoms with E-state index < -0.39 is 5.60 Å². The summed E-state index contributed by atoms with van der Waals surface area (Å²) in [5.41, 5.74) is 4.88. The second kappa shape index (κ2) is 14.8. The lowest BCUT2D eigenvalue weighted by atomic mass is 10.0. The van der Waals surface area contributed by atoms with Crippen LogP contribution in [0, 0.1) is 6.92 Å². The zero-order chi connectivity index (χ0) is 36.1. The maximum Gasteiger partial charge on any atom is 0.410 e. The molecule has 0 spiro atoms. The second-order valence-corrected chi connectivity index (χ2v) is 13.9. The molecule has 2 aromatic carbocycles. The molecule has 2 saturated carbocycles. The predicted molar refractivity (Wildman–Crippen MR) is 180 cm³/mol. The lowest BCUT2D eigenvalue weighted by Crippen LogP contribution is -2.47. The summed E-state index contributed by atoms with van der Waals surface area (Å²) in [7, 11) is 5.24. The molecule has 2 amide bonds. The van der Waals surface area contributed by atoms with E-state index in [4.69, 9.17) is 14.3 Å². The molecule has 2 fully saturated rings. The van der Waals surface area contributed by atoms with Crippen LogP contribution < -0.4 is 5.32 Å². The molecule has 0 saturated heterocycles. The Bertz CT molecular complexity index is 1680. The molecule has 262 valence electrons. The van der Waals surface area contributed by atoms with Crippen LogP contribution in [0.5, 0.6) is 0 Å². The number of hydrogen-bond acceptors (Lipinski definition) is 9. The molecule has 6 rings (SSSR count). The Morgan fingerprint density at radius 3 is 2.04 bits per heavy atom. The van der Waals surface area contributed by atoms with Gasteiger partial charge in [0.1, 0.15) is 5.60 Å². The van der Waals surface area contributed by atoms with E-state index in [1.807, 2.05) is 75.6 Å². The van der Waals surface area contributed by atoms with Crippen molar-refractivity contribution in [2.45, 2.75) is 96.1 Å². The van der Waals surface area contributed by atoms with Crippen molar-refractivity contribution in [2.24, 2.45) is 0 Å². The molecule has 3 aromatic rings. The molecule has 2 aliphatic carbocycles. The molecule has 12 nitrogen and oxygen atoms in total. The smallest absolute Gasteiger partial charge is 0.410 e. The first-order valence-corrected chi connectivity index (χ1v) is 16.4. The van der Waals surface area contributed by atoms with Gasteiger partial charge in [-0.1, -0.05) is 42.0 Å². The van der Waals surface area contributed by atoms with Crippen molar-refractivity contribution in [3.63, 3.8) is 0 Å². The van der Waals surface area contributed by atoms with Crippen molar-refractivity contribution in [1.82, 2.24) is 24.9 Å². The average Bonchev–Trinajstić information content (AvgIpc) is 4.00. The molecule has 3 aliphatic rings. The minimum Gasteiger partial charge on any atom is -0.465 e. The van der Waals surface area contributed by atoms with E-state index in [1.54, 1.807) is 11.1 Å². The number of nitrogens with zero attached hydrogens (tertiary/aromatic N) is 4. The van der Waals surface area contributed by atoms with Crippen LogP contribution in [0.3, 0.4) is 0 Å². The highest BCUT2D eigenvalue weighted by atomic mass is 16.6. The predicted octanol–water partition coefficient (Wildman–Crippen LogP) is 5.19. The van der Waals surface area contributed by atoms with Crippen LogP contribution in [0.2, 0.25) is 0 Å². The van der Waals surface area contributed by atoms with Crippen LogP contribution in [-0.4, -0.2) is 76.5 Å². The standard InChI is InChI=1S/C24H32N4O3.C12H15NO2.CO2/c1-16-7-9-18(10-8-16)24(11-12-24)26(6)21(29)19-13-25-28-14-17(2)27(15-20(19)28)22(30)31-23(3,4)5;1-13-12(7-8-12)10-5-3-9(4-6-10)11(14)15-2;2-1-3/h7-10,13,17H,11-12,14-15H2,1-6H3;3-6,13H,7-8H2,1-2H3;. The quantitative estimate of drug-likeness (QED) is 0.350. The van der Waals surface area contributed by atoms with Gasteiger partial charge in [0.25, 0.3) is 5.91 Å². The summed E-state index contributed by atoms with van der Waals surface area (Å²) in [6.07, 6.45) is 5.76. The van der Waals surface area contributed by atoms with Gasteiger partial charge in [0.15, 0.2) is 0 Å². The fourth-order valence-corrected chi connectivity index (χ4v) is 6.17. The van der Waals surface area contributed by atoms with Gasteiger partial charge >= 0.3 is 18.2 Å².